The lowest BCUT2D eigenvalue weighted by Crippen LogP contribution is -2.20. The first-order valence-electron chi connectivity index (χ1n) is 7.16. The fraction of sp³-hybridized carbons (Fsp3) is 0.278. The highest BCUT2D eigenvalue weighted by Crippen LogP contribution is 2.21. The zero-order valence-corrected chi connectivity index (χ0v) is 13.4. The molecule has 22 heavy (non-hydrogen) atoms. The Morgan fingerprint density at radius 3 is 2.68 bits per heavy atom. The minimum atomic E-state index is -0.151. The van der Waals surface area contributed by atoms with Crippen molar-refractivity contribution in [2.45, 2.75) is 27.3 Å². The lowest BCUT2D eigenvalue weighted by Gasteiger charge is -2.05. The average molecular weight is 299 g/mol. The number of rotatable bonds is 5. The van der Waals surface area contributed by atoms with Crippen LogP contribution in [0.3, 0.4) is 0 Å². The van der Waals surface area contributed by atoms with Gasteiger partial charge in [0.15, 0.2) is 0 Å². The van der Waals surface area contributed by atoms with Crippen LogP contribution in [-0.4, -0.2) is 13.0 Å². The predicted octanol–water partition coefficient (Wildman–Crippen LogP) is 3.54. The number of carbonyl (C=O) groups is 1. The molecule has 1 aromatic carbocycles. The molecule has 1 aromatic heterocycles. The van der Waals surface area contributed by atoms with Gasteiger partial charge in [-0.05, 0) is 45.0 Å². The second kappa shape index (κ2) is 6.98. The van der Waals surface area contributed by atoms with Crippen LogP contribution in [0.5, 0.6) is 5.75 Å². The maximum absolute atomic E-state index is 11.9. The minimum absolute atomic E-state index is 0.151. The Morgan fingerprint density at radius 1 is 1.27 bits per heavy atom. The molecule has 0 fully saturated rings. The lowest BCUT2D eigenvalue weighted by atomic mass is 10.1. The molecule has 0 aliphatic heterocycles. The fourth-order valence-corrected chi connectivity index (χ4v) is 2.25. The molecule has 0 aliphatic carbocycles. The monoisotopic (exact) mass is 299 g/mol. The van der Waals surface area contributed by atoms with Crippen molar-refractivity contribution in [1.29, 1.82) is 0 Å². The first-order valence-corrected chi connectivity index (χ1v) is 7.16. The van der Waals surface area contributed by atoms with Crippen molar-refractivity contribution in [1.82, 2.24) is 5.32 Å². The van der Waals surface area contributed by atoms with Crippen LogP contribution in [-0.2, 0) is 11.3 Å². The summed E-state index contributed by atoms with van der Waals surface area (Å²) in [7, 11) is 1.62. The van der Waals surface area contributed by atoms with E-state index in [1.165, 1.54) is 6.08 Å². The van der Waals surface area contributed by atoms with Crippen LogP contribution in [0.1, 0.15) is 28.2 Å². The zero-order chi connectivity index (χ0) is 16.1. The van der Waals surface area contributed by atoms with Crippen LogP contribution in [0.15, 0.2) is 34.8 Å². The van der Waals surface area contributed by atoms with E-state index >= 15 is 0 Å². The highest BCUT2D eigenvalue weighted by Gasteiger charge is 2.06. The topological polar surface area (TPSA) is 51.5 Å². The summed E-state index contributed by atoms with van der Waals surface area (Å²) in [5.41, 5.74) is 2.99. The number of hydrogen-bond donors (Lipinski definition) is 1. The lowest BCUT2D eigenvalue weighted by molar-refractivity contribution is -0.116. The van der Waals surface area contributed by atoms with Crippen LogP contribution in [0.25, 0.3) is 6.08 Å². The summed E-state index contributed by atoms with van der Waals surface area (Å²) in [6.45, 7) is 6.24. The quantitative estimate of drug-likeness (QED) is 0.859. The number of carbonyl (C=O) groups excluding carboxylic acids is 1. The number of amides is 1. The van der Waals surface area contributed by atoms with Gasteiger partial charge < -0.3 is 14.5 Å². The molecule has 4 nitrogen and oxygen atoms in total. The Morgan fingerprint density at radius 2 is 2.05 bits per heavy atom. The molecular weight excluding hydrogens is 278 g/mol. The van der Waals surface area contributed by atoms with Crippen LogP contribution < -0.4 is 10.1 Å². The first-order chi connectivity index (χ1) is 10.5. The molecule has 1 N–H and O–H groups in total. The van der Waals surface area contributed by atoms with Gasteiger partial charge in [0, 0.05) is 23.7 Å². The van der Waals surface area contributed by atoms with Crippen molar-refractivity contribution in [3.63, 3.8) is 0 Å². The molecular formula is C18H21NO3. The van der Waals surface area contributed by atoms with Gasteiger partial charge in [-0.25, -0.2) is 0 Å². The summed E-state index contributed by atoms with van der Waals surface area (Å²) >= 11 is 0. The Kier molecular flexibility index (Phi) is 5.04. The van der Waals surface area contributed by atoms with Gasteiger partial charge >= 0.3 is 0 Å². The summed E-state index contributed by atoms with van der Waals surface area (Å²) in [6, 6.07) is 7.78. The molecule has 0 atom stereocenters. The molecule has 0 aliphatic rings. The Labute approximate surface area is 130 Å². The highest BCUT2D eigenvalue weighted by atomic mass is 16.5. The molecule has 0 bridgehead atoms. The Bertz CT molecular complexity index is 698. The summed E-state index contributed by atoms with van der Waals surface area (Å²) in [4.78, 5) is 11.9. The van der Waals surface area contributed by atoms with Gasteiger partial charge in [0.05, 0.1) is 7.11 Å². The van der Waals surface area contributed by atoms with E-state index < -0.39 is 0 Å². The van der Waals surface area contributed by atoms with Gasteiger partial charge in [0.1, 0.15) is 17.3 Å². The van der Waals surface area contributed by atoms with Crippen LogP contribution >= 0.6 is 0 Å². The number of aryl methyl sites for hydroxylation is 3. The van der Waals surface area contributed by atoms with Gasteiger partial charge in [0.25, 0.3) is 0 Å². The number of benzene rings is 1. The van der Waals surface area contributed by atoms with Crippen molar-refractivity contribution >= 4 is 12.0 Å². The van der Waals surface area contributed by atoms with E-state index in [0.717, 1.165) is 34.0 Å². The summed E-state index contributed by atoms with van der Waals surface area (Å²) in [6.07, 6.45) is 3.27. The van der Waals surface area contributed by atoms with E-state index in [1.54, 1.807) is 13.2 Å². The van der Waals surface area contributed by atoms with Gasteiger partial charge in [-0.3, -0.25) is 4.79 Å². The Balaban J connectivity index is 2.00. The normalized spacial score (nSPS) is 10.9. The number of methoxy groups -OCH3 is 1. The van der Waals surface area contributed by atoms with Gasteiger partial charge in [-0.15, -0.1) is 0 Å². The van der Waals surface area contributed by atoms with E-state index in [1.807, 2.05) is 45.0 Å². The average Bonchev–Trinajstić information content (AvgIpc) is 2.81. The van der Waals surface area contributed by atoms with Crippen LogP contribution in [0, 0.1) is 20.8 Å². The molecule has 0 saturated heterocycles. The molecule has 116 valence electrons. The molecule has 4 heteroatoms. The summed E-state index contributed by atoms with van der Waals surface area (Å²) < 4.78 is 10.7. The van der Waals surface area contributed by atoms with Crippen LogP contribution in [0.2, 0.25) is 0 Å². The molecule has 0 saturated carbocycles. The maximum atomic E-state index is 11.9. The van der Waals surface area contributed by atoms with E-state index in [-0.39, 0.29) is 5.91 Å². The third-order valence-electron chi connectivity index (χ3n) is 3.40. The first kappa shape index (κ1) is 15.9. The van der Waals surface area contributed by atoms with E-state index in [0.29, 0.717) is 6.54 Å². The van der Waals surface area contributed by atoms with Crippen molar-refractivity contribution < 1.29 is 13.9 Å². The van der Waals surface area contributed by atoms with E-state index in [2.05, 4.69) is 5.32 Å². The second-order valence-electron chi connectivity index (χ2n) is 5.24. The maximum Gasteiger partial charge on any atom is 0.244 e. The number of furan rings is 1. The molecule has 1 amide bonds. The number of ether oxygens (including phenoxy) is 1. The van der Waals surface area contributed by atoms with Gasteiger partial charge in [0.2, 0.25) is 5.91 Å². The van der Waals surface area contributed by atoms with Crippen LogP contribution in [0.4, 0.5) is 0 Å². The molecule has 0 spiro atoms. The number of nitrogens with one attached hydrogen (secondary N) is 1. The molecule has 0 unspecified atom stereocenters. The van der Waals surface area contributed by atoms with Crippen molar-refractivity contribution in [3.05, 3.63) is 58.6 Å². The summed E-state index contributed by atoms with van der Waals surface area (Å²) in [5.74, 6) is 2.28. The predicted molar refractivity (Wildman–Crippen MR) is 86.8 cm³/mol. The van der Waals surface area contributed by atoms with Crippen molar-refractivity contribution in [2.75, 3.05) is 7.11 Å². The molecule has 2 aromatic rings. The van der Waals surface area contributed by atoms with E-state index in [4.69, 9.17) is 9.15 Å². The largest absolute Gasteiger partial charge is 0.496 e. The summed E-state index contributed by atoms with van der Waals surface area (Å²) in [5, 5.41) is 2.85. The van der Waals surface area contributed by atoms with Crippen molar-refractivity contribution in [2.24, 2.45) is 0 Å². The fourth-order valence-electron chi connectivity index (χ4n) is 2.25. The second-order valence-corrected chi connectivity index (χ2v) is 5.24. The molecule has 2 rings (SSSR count). The van der Waals surface area contributed by atoms with Crippen molar-refractivity contribution in [3.8, 4) is 5.75 Å². The number of hydrogen-bond acceptors (Lipinski definition) is 3. The third kappa shape index (κ3) is 4.01. The minimum Gasteiger partial charge on any atom is -0.496 e. The smallest absolute Gasteiger partial charge is 0.244 e. The third-order valence-corrected chi connectivity index (χ3v) is 3.40. The Hall–Kier alpha value is -2.49. The van der Waals surface area contributed by atoms with Gasteiger partial charge in [-0.2, -0.15) is 0 Å². The zero-order valence-electron chi connectivity index (χ0n) is 13.4. The van der Waals surface area contributed by atoms with Gasteiger partial charge in [-0.1, -0.05) is 11.6 Å². The molecule has 1 heterocycles. The highest BCUT2D eigenvalue weighted by molar-refractivity contribution is 5.92. The standard InChI is InChI=1S/C18H21NO3/c1-12-5-7-17(21-4)15(9-12)6-8-18(20)19-11-16-10-13(2)22-14(16)3/h5-10H,11H2,1-4H3,(H,19,20)/b8-6+. The molecule has 0 radical (unpaired) electrons. The van der Waals surface area contributed by atoms with E-state index in [9.17, 15) is 4.79 Å². The SMILES string of the molecule is COc1ccc(C)cc1/C=C/C(=O)NCc1cc(C)oc1C.